The maximum Gasteiger partial charge on any atom is 0.251 e. The van der Waals surface area contributed by atoms with Crippen LogP contribution in [0.4, 0.5) is 5.69 Å². The second-order valence-corrected chi connectivity index (χ2v) is 8.19. The van der Waals surface area contributed by atoms with E-state index < -0.39 is 10.0 Å². The Labute approximate surface area is 149 Å². The summed E-state index contributed by atoms with van der Waals surface area (Å²) in [6.45, 7) is 2.36. The highest BCUT2D eigenvalue weighted by molar-refractivity contribution is 7.92. The topological polar surface area (TPSA) is 78.5 Å². The Bertz CT molecular complexity index is 703. The van der Waals surface area contributed by atoms with Crippen LogP contribution in [-0.4, -0.2) is 46.3 Å². The molecule has 1 aromatic carbocycles. The summed E-state index contributed by atoms with van der Waals surface area (Å²) >= 11 is 0. The molecular formula is C16H24ClN3O3S. The summed E-state index contributed by atoms with van der Waals surface area (Å²) in [7, 11) is -3.27. The first-order valence-corrected chi connectivity index (χ1v) is 9.92. The fourth-order valence-electron chi connectivity index (χ4n) is 3.28. The molecule has 0 unspecified atom stereocenters. The highest BCUT2D eigenvalue weighted by Crippen LogP contribution is 2.29. The van der Waals surface area contributed by atoms with Crippen molar-refractivity contribution in [2.75, 3.05) is 30.2 Å². The first-order valence-electron chi connectivity index (χ1n) is 8.07. The van der Waals surface area contributed by atoms with Gasteiger partial charge in [0, 0.05) is 18.2 Å². The molecule has 0 saturated carbocycles. The molecule has 24 heavy (non-hydrogen) atoms. The molecule has 0 radical (unpaired) electrons. The van der Waals surface area contributed by atoms with Crippen LogP contribution in [0.3, 0.4) is 0 Å². The second kappa shape index (κ2) is 7.72. The molecule has 0 bridgehead atoms. The fourth-order valence-corrected chi connectivity index (χ4v) is 4.28. The van der Waals surface area contributed by atoms with Gasteiger partial charge in [-0.2, -0.15) is 0 Å². The van der Waals surface area contributed by atoms with Crippen LogP contribution in [0, 0.1) is 0 Å². The Morgan fingerprint density at radius 1 is 1.29 bits per heavy atom. The highest BCUT2D eigenvalue weighted by Gasteiger charge is 2.25. The minimum absolute atomic E-state index is 0. The maximum absolute atomic E-state index is 12.4. The molecule has 134 valence electrons. The molecule has 1 saturated heterocycles. The highest BCUT2D eigenvalue weighted by atomic mass is 35.5. The number of halogens is 1. The zero-order chi connectivity index (χ0) is 16.4. The van der Waals surface area contributed by atoms with E-state index in [1.165, 1.54) is 10.6 Å². The third kappa shape index (κ3) is 4.20. The molecule has 0 aliphatic carbocycles. The van der Waals surface area contributed by atoms with Gasteiger partial charge in [0.05, 0.1) is 11.9 Å². The van der Waals surface area contributed by atoms with E-state index in [0.29, 0.717) is 17.8 Å². The Morgan fingerprint density at radius 2 is 2.00 bits per heavy atom. The molecule has 1 aromatic rings. The lowest BCUT2D eigenvalue weighted by molar-refractivity contribution is 0.0929. The predicted molar refractivity (Wildman–Crippen MR) is 97.6 cm³/mol. The molecule has 1 fully saturated rings. The van der Waals surface area contributed by atoms with Crippen molar-refractivity contribution in [1.82, 2.24) is 10.6 Å². The predicted octanol–water partition coefficient (Wildman–Crippen LogP) is 1.30. The molecule has 2 aliphatic heterocycles. The number of hydrogen-bond donors (Lipinski definition) is 2. The number of sulfonamides is 1. The third-order valence-electron chi connectivity index (χ3n) is 4.49. The van der Waals surface area contributed by atoms with Crippen LogP contribution in [0.15, 0.2) is 18.2 Å². The smallest absolute Gasteiger partial charge is 0.251 e. The molecule has 8 heteroatoms. The van der Waals surface area contributed by atoms with Crippen LogP contribution in [0.25, 0.3) is 0 Å². The lowest BCUT2D eigenvalue weighted by atomic mass is 10.00. The maximum atomic E-state index is 12.4. The summed E-state index contributed by atoms with van der Waals surface area (Å²) < 4.78 is 25.2. The van der Waals surface area contributed by atoms with E-state index in [2.05, 4.69) is 10.6 Å². The minimum Gasteiger partial charge on any atom is -0.349 e. The van der Waals surface area contributed by atoms with Gasteiger partial charge >= 0.3 is 0 Å². The van der Waals surface area contributed by atoms with E-state index >= 15 is 0 Å². The van der Waals surface area contributed by atoms with E-state index in [0.717, 1.165) is 44.3 Å². The molecular weight excluding hydrogens is 350 g/mol. The molecule has 0 aromatic heterocycles. The SMILES string of the molecule is CS(=O)(=O)N1CCCc2cc(C(=O)NC3CCNCC3)ccc21.Cl. The number of fused-ring (bicyclic) bond motifs is 1. The normalized spacial score (nSPS) is 18.5. The summed E-state index contributed by atoms with van der Waals surface area (Å²) in [4.78, 5) is 12.4. The van der Waals surface area contributed by atoms with Gasteiger partial charge in [0.25, 0.3) is 5.91 Å². The van der Waals surface area contributed by atoms with Crippen LogP contribution >= 0.6 is 12.4 Å². The molecule has 3 rings (SSSR count). The first kappa shape index (κ1) is 19.0. The van der Waals surface area contributed by atoms with Crippen molar-refractivity contribution < 1.29 is 13.2 Å². The third-order valence-corrected chi connectivity index (χ3v) is 5.67. The molecule has 2 N–H and O–H groups in total. The molecule has 0 spiro atoms. The van der Waals surface area contributed by atoms with Gasteiger partial charge in [0.15, 0.2) is 0 Å². The van der Waals surface area contributed by atoms with Crippen molar-refractivity contribution in [3.05, 3.63) is 29.3 Å². The van der Waals surface area contributed by atoms with Gasteiger partial charge < -0.3 is 10.6 Å². The summed E-state index contributed by atoms with van der Waals surface area (Å²) in [5.41, 5.74) is 2.24. The van der Waals surface area contributed by atoms with Crippen LogP contribution < -0.4 is 14.9 Å². The zero-order valence-corrected chi connectivity index (χ0v) is 15.4. The number of nitrogens with one attached hydrogen (secondary N) is 2. The standard InChI is InChI=1S/C16H23N3O3S.ClH/c1-23(21,22)19-10-2-3-12-11-13(4-5-15(12)19)16(20)18-14-6-8-17-9-7-14;/h4-5,11,14,17H,2-3,6-10H2,1H3,(H,18,20);1H. The number of nitrogens with zero attached hydrogens (tertiary/aromatic N) is 1. The quantitative estimate of drug-likeness (QED) is 0.837. The van der Waals surface area contributed by atoms with E-state index in [1.54, 1.807) is 12.1 Å². The van der Waals surface area contributed by atoms with Gasteiger partial charge in [0.1, 0.15) is 0 Å². The van der Waals surface area contributed by atoms with E-state index in [-0.39, 0.29) is 24.4 Å². The zero-order valence-electron chi connectivity index (χ0n) is 13.7. The van der Waals surface area contributed by atoms with Crippen molar-refractivity contribution in [1.29, 1.82) is 0 Å². The van der Waals surface area contributed by atoms with Crippen molar-refractivity contribution in [3.8, 4) is 0 Å². The number of benzene rings is 1. The Morgan fingerprint density at radius 3 is 2.67 bits per heavy atom. The number of rotatable bonds is 3. The number of piperidine rings is 1. The molecule has 0 atom stereocenters. The molecule has 6 nitrogen and oxygen atoms in total. The number of aryl methyl sites for hydroxylation is 1. The molecule has 1 amide bonds. The second-order valence-electron chi connectivity index (χ2n) is 6.28. The van der Waals surface area contributed by atoms with Crippen molar-refractivity contribution in [3.63, 3.8) is 0 Å². The summed E-state index contributed by atoms with van der Waals surface area (Å²) in [5, 5.41) is 6.35. The summed E-state index contributed by atoms with van der Waals surface area (Å²) in [6, 6.07) is 5.53. The largest absolute Gasteiger partial charge is 0.349 e. The minimum atomic E-state index is -3.27. The number of hydrogen-bond acceptors (Lipinski definition) is 4. The number of amides is 1. The van der Waals surface area contributed by atoms with Gasteiger partial charge in [-0.05, 0) is 62.5 Å². The van der Waals surface area contributed by atoms with Crippen LogP contribution in [-0.2, 0) is 16.4 Å². The van der Waals surface area contributed by atoms with Gasteiger partial charge in [0.2, 0.25) is 10.0 Å². The first-order chi connectivity index (χ1) is 10.9. The van der Waals surface area contributed by atoms with Crippen molar-refractivity contribution in [2.45, 2.75) is 31.7 Å². The Hall–Kier alpha value is -1.31. The molecule has 2 heterocycles. The number of carbonyl (C=O) groups is 1. The number of carbonyl (C=O) groups excluding carboxylic acids is 1. The van der Waals surface area contributed by atoms with E-state index in [1.807, 2.05) is 6.07 Å². The van der Waals surface area contributed by atoms with E-state index in [4.69, 9.17) is 0 Å². The van der Waals surface area contributed by atoms with Gasteiger partial charge in [-0.25, -0.2) is 8.42 Å². The average Bonchev–Trinajstić information content (AvgIpc) is 2.53. The molecule has 2 aliphatic rings. The van der Waals surface area contributed by atoms with Gasteiger partial charge in [-0.3, -0.25) is 9.10 Å². The lowest BCUT2D eigenvalue weighted by Crippen LogP contribution is -2.42. The fraction of sp³-hybridized carbons (Fsp3) is 0.562. The Balaban J connectivity index is 0.00000208. The number of anilines is 1. The van der Waals surface area contributed by atoms with Crippen molar-refractivity contribution >= 4 is 34.0 Å². The van der Waals surface area contributed by atoms with Crippen LogP contribution in [0.2, 0.25) is 0 Å². The summed E-state index contributed by atoms with van der Waals surface area (Å²) in [6.07, 6.45) is 4.69. The average molecular weight is 374 g/mol. The van der Waals surface area contributed by atoms with Crippen LogP contribution in [0.5, 0.6) is 0 Å². The monoisotopic (exact) mass is 373 g/mol. The van der Waals surface area contributed by atoms with Gasteiger partial charge in [-0.1, -0.05) is 0 Å². The van der Waals surface area contributed by atoms with Crippen LogP contribution in [0.1, 0.15) is 35.2 Å². The lowest BCUT2D eigenvalue weighted by Gasteiger charge is -2.29. The summed E-state index contributed by atoms with van der Waals surface area (Å²) in [5.74, 6) is -0.0730. The van der Waals surface area contributed by atoms with E-state index in [9.17, 15) is 13.2 Å². The Kier molecular flexibility index (Phi) is 6.11. The van der Waals surface area contributed by atoms with Crippen molar-refractivity contribution in [2.24, 2.45) is 0 Å². The van der Waals surface area contributed by atoms with Gasteiger partial charge in [-0.15, -0.1) is 12.4 Å².